The van der Waals surface area contributed by atoms with E-state index in [4.69, 9.17) is 23.2 Å². The first-order valence-corrected chi connectivity index (χ1v) is 7.73. The lowest BCUT2D eigenvalue weighted by atomic mass is 10.2. The summed E-state index contributed by atoms with van der Waals surface area (Å²) >= 11 is 12.0. The predicted octanol–water partition coefficient (Wildman–Crippen LogP) is 4.66. The van der Waals surface area contributed by atoms with Gasteiger partial charge in [0.2, 0.25) is 0 Å². The van der Waals surface area contributed by atoms with E-state index >= 15 is 0 Å². The van der Waals surface area contributed by atoms with Crippen molar-refractivity contribution in [3.63, 3.8) is 0 Å². The normalized spacial score (nSPS) is 11.8. The van der Waals surface area contributed by atoms with E-state index in [0.29, 0.717) is 27.0 Å². The van der Waals surface area contributed by atoms with Crippen molar-refractivity contribution in [2.24, 2.45) is 0 Å². The number of benzene rings is 1. The van der Waals surface area contributed by atoms with Crippen LogP contribution in [0, 0.1) is 0 Å². The minimum Gasteiger partial charge on any atom is -0.353 e. The van der Waals surface area contributed by atoms with Crippen LogP contribution in [0.15, 0.2) is 36.7 Å². The van der Waals surface area contributed by atoms with Crippen LogP contribution in [0.1, 0.15) is 30.6 Å². The van der Waals surface area contributed by atoms with Crippen molar-refractivity contribution < 1.29 is 4.79 Å². The molecule has 2 aromatic rings. The Morgan fingerprint density at radius 3 is 2.73 bits per heavy atom. The second kappa shape index (κ2) is 7.47. The Morgan fingerprint density at radius 2 is 2.05 bits per heavy atom. The van der Waals surface area contributed by atoms with Crippen LogP contribution >= 0.6 is 23.2 Å². The Labute approximate surface area is 139 Å². The molecule has 1 atom stereocenters. The van der Waals surface area contributed by atoms with Crippen molar-refractivity contribution >= 4 is 40.5 Å². The summed E-state index contributed by atoms with van der Waals surface area (Å²) in [6.07, 6.45) is 4.04. The summed E-state index contributed by atoms with van der Waals surface area (Å²) in [7, 11) is 0. The first-order chi connectivity index (χ1) is 10.5. The number of carbonyl (C=O) groups is 1. The molecule has 2 N–H and O–H groups in total. The van der Waals surface area contributed by atoms with Crippen molar-refractivity contribution in [2.75, 3.05) is 5.32 Å². The number of nitrogens with zero attached hydrogens (tertiary/aromatic N) is 1. The van der Waals surface area contributed by atoms with Crippen LogP contribution in [0.5, 0.6) is 0 Å². The molecule has 1 aromatic heterocycles. The average Bonchev–Trinajstić information content (AvgIpc) is 2.50. The summed E-state index contributed by atoms with van der Waals surface area (Å²) in [5.41, 5.74) is 1.88. The van der Waals surface area contributed by atoms with Gasteiger partial charge in [-0.3, -0.25) is 9.78 Å². The number of hydrogen-bond donors (Lipinski definition) is 2. The number of carbonyl (C=O) groups excluding carboxylic acids is 1. The standard InChI is InChI=1S/C16H17Cl2N3O/c1-3-10(2)20-16(22)11-6-13(9-19-8-11)21-15-5-4-12(17)7-14(15)18/h4-10,21H,3H2,1-2H3,(H,20,22). The zero-order chi connectivity index (χ0) is 16.1. The van der Waals surface area contributed by atoms with E-state index in [0.717, 1.165) is 6.42 Å². The highest BCUT2D eigenvalue weighted by Gasteiger charge is 2.10. The number of rotatable bonds is 5. The van der Waals surface area contributed by atoms with Gasteiger partial charge in [0.15, 0.2) is 0 Å². The van der Waals surface area contributed by atoms with Crippen molar-refractivity contribution in [2.45, 2.75) is 26.3 Å². The summed E-state index contributed by atoms with van der Waals surface area (Å²) in [5, 5.41) is 7.10. The van der Waals surface area contributed by atoms with Crippen molar-refractivity contribution in [3.8, 4) is 0 Å². The molecular formula is C16H17Cl2N3O. The predicted molar refractivity (Wildman–Crippen MR) is 91.2 cm³/mol. The highest BCUT2D eigenvalue weighted by atomic mass is 35.5. The highest BCUT2D eigenvalue weighted by molar-refractivity contribution is 6.36. The Hall–Kier alpha value is -1.78. The minimum atomic E-state index is -0.146. The van der Waals surface area contributed by atoms with Gasteiger partial charge in [0.1, 0.15) is 0 Å². The van der Waals surface area contributed by atoms with E-state index in [1.54, 1.807) is 30.5 Å². The molecule has 22 heavy (non-hydrogen) atoms. The molecule has 4 nitrogen and oxygen atoms in total. The Balaban J connectivity index is 2.16. The Bertz CT molecular complexity index is 676. The van der Waals surface area contributed by atoms with Gasteiger partial charge in [-0.05, 0) is 37.6 Å². The maximum absolute atomic E-state index is 12.1. The van der Waals surface area contributed by atoms with Gasteiger partial charge < -0.3 is 10.6 Å². The van der Waals surface area contributed by atoms with Gasteiger partial charge in [0.05, 0.1) is 28.2 Å². The van der Waals surface area contributed by atoms with Crippen LogP contribution < -0.4 is 10.6 Å². The van der Waals surface area contributed by atoms with Gasteiger partial charge >= 0.3 is 0 Å². The minimum absolute atomic E-state index is 0.120. The molecule has 0 aliphatic heterocycles. The lowest BCUT2D eigenvalue weighted by molar-refractivity contribution is 0.0939. The fourth-order valence-electron chi connectivity index (χ4n) is 1.79. The molecule has 0 fully saturated rings. The van der Waals surface area contributed by atoms with Crippen molar-refractivity contribution in [3.05, 3.63) is 52.3 Å². The first-order valence-electron chi connectivity index (χ1n) is 6.97. The van der Waals surface area contributed by atoms with Gasteiger partial charge in [-0.15, -0.1) is 0 Å². The number of pyridine rings is 1. The zero-order valence-corrected chi connectivity index (χ0v) is 13.9. The fourth-order valence-corrected chi connectivity index (χ4v) is 2.24. The molecule has 1 amide bonds. The van der Waals surface area contributed by atoms with Gasteiger partial charge in [0, 0.05) is 17.3 Å². The molecule has 2 rings (SSSR count). The third-order valence-electron chi connectivity index (χ3n) is 3.20. The van der Waals surface area contributed by atoms with E-state index in [-0.39, 0.29) is 11.9 Å². The van der Waals surface area contributed by atoms with E-state index in [2.05, 4.69) is 15.6 Å². The average molecular weight is 338 g/mol. The molecule has 0 spiro atoms. The summed E-state index contributed by atoms with van der Waals surface area (Å²) in [4.78, 5) is 16.2. The second-order valence-corrected chi connectivity index (χ2v) is 5.84. The molecule has 0 saturated heterocycles. The SMILES string of the molecule is CCC(C)NC(=O)c1cncc(Nc2ccc(Cl)cc2Cl)c1. The molecule has 0 bridgehead atoms. The van der Waals surface area contributed by atoms with E-state index in [1.807, 2.05) is 13.8 Å². The van der Waals surface area contributed by atoms with E-state index < -0.39 is 0 Å². The van der Waals surface area contributed by atoms with Gasteiger partial charge in [-0.1, -0.05) is 30.1 Å². The topological polar surface area (TPSA) is 54.0 Å². The van der Waals surface area contributed by atoms with Crippen LogP contribution in [0.2, 0.25) is 10.0 Å². The number of hydrogen-bond acceptors (Lipinski definition) is 3. The van der Waals surface area contributed by atoms with Crippen LogP contribution in [0.3, 0.4) is 0 Å². The van der Waals surface area contributed by atoms with E-state index in [1.165, 1.54) is 6.20 Å². The number of halogens is 2. The largest absolute Gasteiger partial charge is 0.353 e. The number of aromatic nitrogens is 1. The maximum atomic E-state index is 12.1. The van der Waals surface area contributed by atoms with Crippen molar-refractivity contribution in [1.29, 1.82) is 0 Å². The van der Waals surface area contributed by atoms with Crippen molar-refractivity contribution in [1.82, 2.24) is 10.3 Å². The summed E-state index contributed by atoms with van der Waals surface area (Å²) in [6.45, 7) is 3.98. The summed E-state index contributed by atoms with van der Waals surface area (Å²) in [6, 6.07) is 7.02. The molecule has 0 aliphatic carbocycles. The van der Waals surface area contributed by atoms with Crippen LogP contribution in [-0.4, -0.2) is 16.9 Å². The van der Waals surface area contributed by atoms with Crippen LogP contribution in [0.4, 0.5) is 11.4 Å². The maximum Gasteiger partial charge on any atom is 0.253 e. The molecule has 6 heteroatoms. The summed E-state index contributed by atoms with van der Waals surface area (Å²) < 4.78 is 0. The molecule has 0 aliphatic rings. The summed E-state index contributed by atoms with van der Waals surface area (Å²) in [5.74, 6) is -0.146. The molecule has 0 saturated carbocycles. The lowest BCUT2D eigenvalue weighted by Gasteiger charge is -2.12. The quantitative estimate of drug-likeness (QED) is 0.834. The van der Waals surface area contributed by atoms with Crippen LogP contribution in [0.25, 0.3) is 0 Å². The molecule has 0 radical (unpaired) electrons. The zero-order valence-electron chi connectivity index (χ0n) is 12.4. The smallest absolute Gasteiger partial charge is 0.253 e. The molecule has 116 valence electrons. The van der Waals surface area contributed by atoms with Crippen LogP contribution in [-0.2, 0) is 0 Å². The van der Waals surface area contributed by atoms with E-state index in [9.17, 15) is 4.79 Å². The fraction of sp³-hybridized carbons (Fsp3) is 0.250. The van der Waals surface area contributed by atoms with Gasteiger partial charge in [-0.25, -0.2) is 0 Å². The first kappa shape index (κ1) is 16.6. The Kier molecular flexibility index (Phi) is 5.63. The Morgan fingerprint density at radius 1 is 1.27 bits per heavy atom. The van der Waals surface area contributed by atoms with Gasteiger partial charge in [0.25, 0.3) is 5.91 Å². The molecule has 1 unspecified atom stereocenters. The highest BCUT2D eigenvalue weighted by Crippen LogP contribution is 2.28. The third kappa shape index (κ3) is 4.36. The number of amides is 1. The third-order valence-corrected chi connectivity index (χ3v) is 3.75. The van der Waals surface area contributed by atoms with Gasteiger partial charge in [-0.2, -0.15) is 0 Å². The monoisotopic (exact) mass is 337 g/mol. The lowest BCUT2D eigenvalue weighted by Crippen LogP contribution is -2.31. The molecule has 1 aromatic carbocycles. The second-order valence-electron chi connectivity index (χ2n) is 4.99. The molecular weight excluding hydrogens is 321 g/mol. The number of nitrogens with one attached hydrogen (secondary N) is 2. The molecule has 1 heterocycles. The number of anilines is 2.